The average Bonchev–Trinajstić information content (AvgIpc) is 2.74. The van der Waals surface area contributed by atoms with Gasteiger partial charge in [-0.1, -0.05) is 0 Å². The van der Waals surface area contributed by atoms with E-state index >= 15 is 0 Å². The number of Topliss-reactive ketones (excluding diaryl/α,β-unsaturated/α-hetero) is 1. The zero-order valence-corrected chi connectivity index (χ0v) is 9.48. The van der Waals surface area contributed by atoms with Crippen LogP contribution in [0.1, 0.15) is 12.8 Å². The molecule has 0 saturated carbocycles. The number of ketones is 1. The van der Waals surface area contributed by atoms with E-state index in [0.717, 1.165) is 32.8 Å². The number of hydrogen-bond acceptors (Lipinski definition) is 4. The molecule has 1 amide bonds. The standard InChI is InChI=1S/C11H18N2O3/c14-10-1-4-13(9-10)11(15)2-3-12-5-7-16-8-6-12/h1-9H2. The van der Waals surface area contributed by atoms with Crippen LogP contribution in [0.4, 0.5) is 0 Å². The molecule has 0 aliphatic carbocycles. The molecule has 0 spiro atoms. The Morgan fingerprint density at radius 2 is 2.00 bits per heavy atom. The molecule has 0 N–H and O–H groups in total. The third-order valence-corrected chi connectivity index (χ3v) is 3.13. The number of rotatable bonds is 3. The van der Waals surface area contributed by atoms with E-state index in [1.807, 2.05) is 0 Å². The largest absolute Gasteiger partial charge is 0.379 e. The van der Waals surface area contributed by atoms with Crippen LogP contribution in [0, 0.1) is 0 Å². The van der Waals surface area contributed by atoms with E-state index in [0.29, 0.717) is 25.9 Å². The molecular weight excluding hydrogens is 208 g/mol. The second kappa shape index (κ2) is 5.41. The summed E-state index contributed by atoms with van der Waals surface area (Å²) in [5.74, 6) is 0.289. The third kappa shape index (κ3) is 3.02. The van der Waals surface area contributed by atoms with Crippen molar-refractivity contribution < 1.29 is 14.3 Å². The molecule has 0 aromatic heterocycles. The van der Waals surface area contributed by atoms with E-state index in [1.54, 1.807) is 4.90 Å². The first-order valence-corrected chi connectivity index (χ1v) is 5.85. The zero-order chi connectivity index (χ0) is 11.4. The average molecular weight is 226 g/mol. The number of morpholine rings is 1. The second-order valence-corrected chi connectivity index (χ2v) is 4.31. The minimum atomic E-state index is 0.109. The maximum absolute atomic E-state index is 11.7. The van der Waals surface area contributed by atoms with Crippen molar-refractivity contribution in [3.63, 3.8) is 0 Å². The molecule has 2 aliphatic rings. The van der Waals surface area contributed by atoms with Gasteiger partial charge in [0.2, 0.25) is 5.91 Å². The summed E-state index contributed by atoms with van der Waals surface area (Å²) in [4.78, 5) is 26.7. The van der Waals surface area contributed by atoms with Crippen molar-refractivity contribution in [2.45, 2.75) is 12.8 Å². The predicted molar refractivity (Wildman–Crippen MR) is 58.1 cm³/mol. The monoisotopic (exact) mass is 226 g/mol. The van der Waals surface area contributed by atoms with Crippen LogP contribution in [0.3, 0.4) is 0 Å². The summed E-state index contributed by atoms with van der Waals surface area (Å²) >= 11 is 0. The Hall–Kier alpha value is -0.940. The van der Waals surface area contributed by atoms with Gasteiger partial charge in [-0.2, -0.15) is 0 Å². The van der Waals surface area contributed by atoms with Crippen LogP contribution >= 0.6 is 0 Å². The Morgan fingerprint density at radius 3 is 2.62 bits per heavy atom. The lowest BCUT2D eigenvalue weighted by atomic mass is 10.3. The molecule has 5 heteroatoms. The van der Waals surface area contributed by atoms with Crippen molar-refractivity contribution in [3.05, 3.63) is 0 Å². The maximum Gasteiger partial charge on any atom is 0.224 e. The van der Waals surface area contributed by atoms with Crippen molar-refractivity contribution in [2.24, 2.45) is 0 Å². The van der Waals surface area contributed by atoms with Crippen molar-refractivity contribution in [2.75, 3.05) is 45.9 Å². The highest BCUT2D eigenvalue weighted by Gasteiger charge is 2.24. The molecule has 2 aliphatic heterocycles. The minimum Gasteiger partial charge on any atom is -0.379 e. The van der Waals surface area contributed by atoms with Gasteiger partial charge >= 0.3 is 0 Å². The van der Waals surface area contributed by atoms with Gasteiger partial charge in [-0.3, -0.25) is 14.5 Å². The van der Waals surface area contributed by atoms with Gasteiger partial charge < -0.3 is 9.64 Å². The number of carbonyl (C=O) groups excluding carboxylic acids is 2. The molecule has 2 heterocycles. The Morgan fingerprint density at radius 1 is 1.25 bits per heavy atom. The summed E-state index contributed by atoms with van der Waals surface area (Å²) in [6.07, 6.45) is 1.05. The SMILES string of the molecule is O=C1CCN(C(=O)CCN2CCOCC2)C1. The first-order valence-electron chi connectivity index (χ1n) is 5.85. The van der Waals surface area contributed by atoms with Crippen LogP contribution in [-0.2, 0) is 14.3 Å². The summed E-state index contributed by atoms with van der Waals surface area (Å²) in [6.45, 7) is 5.06. The van der Waals surface area contributed by atoms with E-state index < -0.39 is 0 Å². The molecule has 5 nitrogen and oxygen atoms in total. The van der Waals surface area contributed by atoms with E-state index in [4.69, 9.17) is 4.74 Å². The van der Waals surface area contributed by atoms with Crippen molar-refractivity contribution >= 4 is 11.7 Å². The van der Waals surface area contributed by atoms with Gasteiger partial charge in [0.25, 0.3) is 0 Å². The Balaban J connectivity index is 1.68. The van der Waals surface area contributed by atoms with Crippen LogP contribution in [0.2, 0.25) is 0 Å². The fourth-order valence-corrected chi connectivity index (χ4v) is 2.08. The van der Waals surface area contributed by atoms with Gasteiger partial charge in [0.15, 0.2) is 5.78 Å². The van der Waals surface area contributed by atoms with Gasteiger partial charge in [0, 0.05) is 39.0 Å². The summed E-state index contributed by atoms with van der Waals surface area (Å²) in [6, 6.07) is 0. The van der Waals surface area contributed by atoms with E-state index in [1.165, 1.54) is 0 Å². The smallest absolute Gasteiger partial charge is 0.224 e. The topological polar surface area (TPSA) is 49.9 Å². The van der Waals surface area contributed by atoms with E-state index in [-0.39, 0.29) is 11.7 Å². The molecule has 0 bridgehead atoms. The summed E-state index contributed by atoms with van der Waals surface area (Å²) in [7, 11) is 0. The minimum absolute atomic E-state index is 0.109. The molecule has 0 atom stereocenters. The molecule has 0 radical (unpaired) electrons. The lowest BCUT2D eigenvalue weighted by Gasteiger charge is -2.26. The number of amides is 1. The maximum atomic E-state index is 11.7. The summed E-state index contributed by atoms with van der Waals surface area (Å²) in [5, 5.41) is 0. The zero-order valence-electron chi connectivity index (χ0n) is 9.48. The highest BCUT2D eigenvalue weighted by molar-refractivity contribution is 5.89. The van der Waals surface area contributed by atoms with E-state index in [2.05, 4.69) is 4.90 Å². The Bertz CT molecular complexity index is 274. The number of ether oxygens (including phenoxy) is 1. The quantitative estimate of drug-likeness (QED) is 0.651. The van der Waals surface area contributed by atoms with Gasteiger partial charge in [0.1, 0.15) is 0 Å². The molecule has 16 heavy (non-hydrogen) atoms. The molecule has 90 valence electrons. The van der Waals surface area contributed by atoms with Crippen LogP contribution in [0.5, 0.6) is 0 Å². The lowest BCUT2D eigenvalue weighted by molar-refractivity contribution is -0.132. The van der Waals surface area contributed by atoms with Crippen molar-refractivity contribution in [1.29, 1.82) is 0 Å². The molecule has 0 aromatic rings. The number of hydrogen-bond donors (Lipinski definition) is 0. The van der Waals surface area contributed by atoms with Crippen molar-refractivity contribution in [3.8, 4) is 0 Å². The van der Waals surface area contributed by atoms with Crippen LogP contribution in [0.25, 0.3) is 0 Å². The van der Waals surface area contributed by atoms with Gasteiger partial charge in [0.05, 0.1) is 19.8 Å². The second-order valence-electron chi connectivity index (χ2n) is 4.31. The van der Waals surface area contributed by atoms with E-state index in [9.17, 15) is 9.59 Å². The number of likely N-dealkylation sites (tertiary alicyclic amines) is 1. The molecular formula is C11H18N2O3. The number of nitrogens with zero attached hydrogens (tertiary/aromatic N) is 2. The third-order valence-electron chi connectivity index (χ3n) is 3.13. The lowest BCUT2D eigenvalue weighted by Crippen LogP contribution is -2.39. The first kappa shape index (κ1) is 11.5. The highest BCUT2D eigenvalue weighted by atomic mass is 16.5. The fraction of sp³-hybridized carbons (Fsp3) is 0.818. The normalized spacial score (nSPS) is 22.8. The first-order chi connectivity index (χ1) is 7.75. The number of carbonyl (C=O) groups is 2. The summed E-state index contributed by atoms with van der Waals surface area (Å²) in [5.41, 5.74) is 0. The molecule has 2 rings (SSSR count). The van der Waals surface area contributed by atoms with Crippen LogP contribution in [-0.4, -0.2) is 67.4 Å². The Labute approximate surface area is 95.3 Å². The van der Waals surface area contributed by atoms with Crippen LogP contribution in [0.15, 0.2) is 0 Å². The molecule has 0 unspecified atom stereocenters. The fourth-order valence-electron chi connectivity index (χ4n) is 2.08. The van der Waals surface area contributed by atoms with Crippen molar-refractivity contribution in [1.82, 2.24) is 9.80 Å². The van der Waals surface area contributed by atoms with Gasteiger partial charge in [-0.15, -0.1) is 0 Å². The summed E-state index contributed by atoms with van der Waals surface area (Å²) < 4.78 is 5.24. The van der Waals surface area contributed by atoms with Gasteiger partial charge in [-0.05, 0) is 0 Å². The molecule has 0 aromatic carbocycles. The predicted octanol–water partition coefficient (Wildman–Crippen LogP) is -0.490. The molecule has 2 saturated heterocycles. The van der Waals surface area contributed by atoms with Crippen LogP contribution < -0.4 is 0 Å². The highest BCUT2D eigenvalue weighted by Crippen LogP contribution is 2.07. The van der Waals surface area contributed by atoms with Gasteiger partial charge in [-0.25, -0.2) is 0 Å². The Kier molecular flexibility index (Phi) is 3.90. The molecule has 2 fully saturated rings.